The fourth-order valence-electron chi connectivity index (χ4n) is 16.4. The second kappa shape index (κ2) is 26.2. The molecular formula is C84H74Cl2Ge2Hf2. The molecule has 0 N–H and O–H groups in total. The minimum Gasteiger partial charge on any atom is -1.00 e. The molecule has 16 rings (SSSR count). The number of allylic oxidation sites excluding steroid dienone is 4. The molecule has 0 spiro atoms. The van der Waals surface area contributed by atoms with Crippen LogP contribution in [-0.2, 0) is 37.9 Å². The van der Waals surface area contributed by atoms with Gasteiger partial charge in [-0.25, -0.2) is 0 Å². The minimum absolute atomic E-state index is 0. The predicted octanol–water partition coefficient (Wildman–Crippen LogP) is 17.1. The maximum atomic E-state index is 2.72. The molecule has 440 valence electrons. The normalized spacial score (nSPS) is 16.7. The van der Waals surface area contributed by atoms with E-state index < -0.39 is 59.2 Å². The molecule has 12 aromatic rings. The molecule has 4 aliphatic carbocycles. The molecule has 0 saturated heterocycles. The number of rotatable bonds is 10. The third kappa shape index (κ3) is 10.9. The van der Waals surface area contributed by atoms with Gasteiger partial charge in [0.1, 0.15) is 0 Å². The van der Waals surface area contributed by atoms with Gasteiger partial charge in [0.15, 0.2) is 0 Å². The molecule has 4 atom stereocenters. The van der Waals surface area contributed by atoms with Crippen molar-refractivity contribution in [1.82, 2.24) is 0 Å². The van der Waals surface area contributed by atoms with Crippen molar-refractivity contribution >= 4 is 88.7 Å². The number of halogens is 2. The van der Waals surface area contributed by atoms with Crippen molar-refractivity contribution in [3.63, 3.8) is 0 Å². The van der Waals surface area contributed by atoms with Gasteiger partial charge in [-0.3, -0.25) is 0 Å². The Morgan fingerprint density at radius 3 is 0.644 bits per heavy atom. The zero-order valence-electron chi connectivity index (χ0n) is 52.6. The second-order valence-corrected chi connectivity index (χ2v) is 117. The van der Waals surface area contributed by atoms with Crippen molar-refractivity contribution < 1.29 is 62.7 Å². The van der Waals surface area contributed by atoms with Crippen molar-refractivity contribution in [3.05, 3.63) is 309 Å². The van der Waals surface area contributed by atoms with E-state index in [1.165, 1.54) is 110 Å². The largest absolute Gasteiger partial charge is 1.00 e. The first-order valence-corrected chi connectivity index (χ1v) is 73.9. The Morgan fingerprint density at radius 2 is 0.422 bits per heavy atom. The smallest absolute Gasteiger partial charge is 1.00 e. The van der Waals surface area contributed by atoms with Crippen LogP contribution in [0.4, 0.5) is 0 Å². The quantitative estimate of drug-likeness (QED) is 0.120. The summed E-state index contributed by atoms with van der Waals surface area (Å²) < 4.78 is 2.69. The first kappa shape index (κ1) is 62.8. The van der Waals surface area contributed by atoms with Gasteiger partial charge in [0.05, 0.1) is 0 Å². The van der Waals surface area contributed by atoms with E-state index in [4.69, 9.17) is 0 Å². The summed E-state index contributed by atoms with van der Waals surface area (Å²) in [5.74, 6) is 10.9. The number of hydrogen-bond donors (Lipinski definition) is 0. The van der Waals surface area contributed by atoms with E-state index in [2.05, 4.69) is 318 Å². The molecule has 0 bridgehead atoms. The van der Waals surface area contributed by atoms with E-state index in [0.717, 1.165) is 0 Å². The number of benzene rings is 12. The first-order valence-electron chi connectivity index (χ1n) is 31.9. The second-order valence-electron chi connectivity index (χ2n) is 25.9. The summed E-state index contributed by atoms with van der Waals surface area (Å²) in [6.45, 7) is 9.81. The Morgan fingerprint density at radius 1 is 0.233 bits per heavy atom. The fraction of sp³-hybridized carbons (Fsp3) is 0.143. The van der Waals surface area contributed by atoms with Crippen molar-refractivity contribution in [2.45, 2.75) is 65.4 Å². The molecular weight excluding hydrogens is 1580 g/mol. The SMILES string of the molecule is CC1=Cc2c(-c3cccc4ccccc34)cccc2[CH]1[Hf+]([CH]1C(C)=Cc2c(-c3cccc4ccccc34)cccc21)[GeH]([CH3])[CH3].CC1=Cc2c(-c3cccc4ccccc34)cccc2[CH]1[Hf+]([CH]1C(C)=Cc2c(-c3cccc4ccccc34)cccc21)[GeH]([CH3])[CH3].[Cl-].[Cl-]. The summed E-state index contributed by atoms with van der Waals surface area (Å²) in [6, 6.07) is 91.3. The van der Waals surface area contributed by atoms with E-state index >= 15 is 0 Å². The van der Waals surface area contributed by atoms with Crippen LogP contribution in [0.2, 0.25) is 23.0 Å². The molecule has 0 nitrogen and oxygen atoms in total. The van der Waals surface area contributed by atoms with Gasteiger partial charge in [-0.05, 0) is 0 Å². The first-order chi connectivity index (χ1) is 43.0. The summed E-state index contributed by atoms with van der Waals surface area (Å²) in [5, 5.41) is 10.7. The molecule has 4 unspecified atom stereocenters. The maximum absolute atomic E-state index is 2.72. The zero-order chi connectivity index (χ0) is 59.9. The topological polar surface area (TPSA) is 0 Å². The van der Waals surface area contributed by atoms with Crippen LogP contribution in [0.1, 0.15) is 86.9 Å². The van der Waals surface area contributed by atoms with E-state index in [-0.39, 0.29) is 24.8 Å². The summed E-state index contributed by atoms with van der Waals surface area (Å²) in [4.78, 5) is 0. The molecule has 6 heteroatoms. The zero-order valence-corrected chi connectivity index (χ0v) is 66.2. The summed E-state index contributed by atoms with van der Waals surface area (Å²) in [7, 11) is -2.98. The molecule has 12 aromatic carbocycles. The van der Waals surface area contributed by atoms with E-state index in [1.54, 1.807) is 44.5 Å². The van der Waals surface area contributed by atoms with Gasteiger partial charge < -0.3 is 24.8 Å². The Balaban J connectivity index is 0.000000162. The van der Waals surface area contributed by atoms with Crippen LogP contribution in [-0.4, -0.2) is 21.3 Å². The number of hydrogen-bond acceptors (Lipinski definition) is 0. The Labute approximate surface area is 564 Å². The third-order valence-corrected chi connectivity index (χ3v) is 119. The van der Waals surface area contributed by atoms with Crippen LogP contribution in [0, 0.1) is 0 Å². The van der Waals surface area contributed by atoms with Gasteiger partial charge in [0.2, 0.25) is 0 Å². The van der Waals surface area contributed by atoms with Crippen molar-refractivity contribution in [3.8, 4) is 44.5 Å². The standard InChI is InChI=1S/4C20H15.2C2H7Ge.2ClH.2Hf/c4*1-14-12-16-8-5-11-19(20(16)13-14)18-10-4-7-15-6-2-3-9-17(15)18;2*1-3-2;;;;/h4*2-13H,1H3;2*3H,1-2H3;2*1H;;/q;;;;;;;;2*+1/p-2. The van der Waals surface area contributed by atoms with Crippen molar-refractivity contribution in [2.24, 2.45) is 0 Å². The molecule has 0 amide bonds. The van der Waals surface area contributed by atoms with Gasteiger partial charge in [-0.15, -0.1) is 0 Å². The fourth-order valence-corrected chi connectivity index (χ4v) is 122. The molecule has 4 aliphatic rings. The van der Waals surface area contributed by atoms with Crippen LogP contribution >= 0.6 is 0 Å². The van der Waals surface area contributed by atoms with Crippen LogP contribution in [0.3, 0.4) is 0 Å². The van der Waals surface area contributed by atoms with Gasteiger partial charge in [0.25, 0.3) is 0 Å². The molecule has 0 aliphatic heterocycles. The monoisotopic (exact) mass is 1660 g/mol. The van der Waals surface area contributed by atoms with E-state index in [1.807, 2.05) is 0 Å². The molecule has 0 fully saturated rings. The van der Waals surface area contributed by atoms with Crippen molar-refractivity contribution in [2.75, 3.05) is 0 Å². The van der Waals surface area contributed by atoms with Gasteiger partial charge in [-0.2, -0.15) is 0 Å². The van der Waals surface area contributed by atoms with Gasteiger partial charge in [-0.1, -0.05) is 0 Å². The maximum Gasteiger partial charge on any atom is -1.00 e. The van der Waals surface area contributed by atoms with Crippen LogP contribution in [0.5, 0.6) is 0 Å². The Bertz CT molecular complexity index is 4300. The van der Waals surface area contributed by atoms with E-state index in [9.17, 15) is 0 Å². The predicted molar refractivity (Wildman–Crippen MR) is 381 cm³/mol. The Hall–Kier alpha value is -5.95. The molecule has 0 aromatic heterocycles. The molecule has 0 radical (unpaired) electrons. The van der Waals surface area contributed by atoms with Crippen LogP contribution < -0.4 is 24.8 Å². The summed E-state index contributed by atoms with van der Waals surface area (Å²) >= 11 is -4.61. The number of fused-ring (bicyclic) bond motifs is 8. The third-order valence-electron chi connectivity index (χ3n) is 20.1. The minimum atomic E-state index is -2.30. The van der Waals surface area contributed by atoms with Gasteiger partial charge >= 0.3 is 546 Å². The summed E-state index contributed by atoms with van der Waals surface area (Å²) in [5.41, 5.74) is 30.0. The molecule has 90 heavy (non-hydrogen) atoms. The molecule has 0 saturated carbocycles. The molecule has 0 heterocycles. The summed E-state index contributed by atoms with van der Waals surface area (Å²) in [6.07, 6.45) is 10.3. The van der Waals surface area contributed by atoms with Crippen LogP contribution in [0.15, 0.2) is 265 Å². The van der Waals surface area contributed by atoms with E-state index in [0.29, 0.717) is 14.7 Å². The average Bonchev–Trinajstić information content (AvgIpc) is 1.61. The average molecular weight is 1660 g/mol. The van der Waals surface area contributed by atoms with Crippen molar-refractivity contribution in [1.29, 1.82) is 0 Å². The van der Waals surface area contributed by atoms with Crippen LogP contribution in [0.25, 0.3) is 112 Å². The van der Waals surface area contributed by atoms with Gasteiger partial charge in [0, 0.05) is 0 Å². The Kier molecular flexibility index (Phi) is 18.3.